The van der Waals surface area contributed by atoms with Crippen LogP contribution in [-0.2, 0) is 0 Å². The number of para-hydroxylation sites is 1. The van der Waals surface area contributed by atoms with Gasteiger partial charge in [0, 0.05) is 5.39 Å². The van der Waals surface area contributed by atoms with Gasteiger partial charge in [0.15, 0.2) is 6.04 Å². The van der Waals surface area contributed by atoms with Gasteiger partial charge in [-0.2, -0.15) is 13.2 Å². The molecule has 1 aromatic carbocycles. The highest BCUT2D eigenvalue weighted by Crippen LogP contribution is 2.28. The summed E-state index contributed by atoms with van der Waals surface area (Å²) in [5.41, 5.74) is 0.585. The van der Waals surface area contributed by atoms with Crippen LogP contribution in [0.4, 0.5) is 19.0 Å². The molecule has 114 valence electrons. The summed E-state index contributed by atoms with van der Waals surface area (Å²) in [5, 5.41) is 4.13. The standard InChI is InChI=1S/C15H11ClF3N3/c16-10-4-1-3-9-7-8-13(22-14(9)10)21-12-6-2-5-11(20-12)15(17,18)19/h1-4,6-8,11H,5H2,(H,20,21,22). The molecule has 3 nitrogen and oxygen atoms in total. The zero-order valence-electron chi connectivity index (χ0n) is 11.2. The van der Waals surface area contributed by atoms with Crippen molar-refractivity contribution < 1.29 is 13.2 Å². The van der Waals surface area contributed by atoms with Gasteiger partial charge in [0.25, 0.3) is 0 Å². The van der Waals surface area contributed by atoms with Gasteiger partial charge < -0.3 is 5.32 Å². The maximum Gasteiger partial charge on any atom is 0.411 e. The second-order valence-corrected chi connectivity index (χ2v) is 5.25. The fourth-order valence-corrected chi connectivity index (χ4v) is 2.39. The van der Waals surface area contributed by atoms with E-state index in [-0.39, 0.29) is 12.3 Å². The van der Waals surface area contributed by atoms with Crippen molar-refractivity contribution in [2.24, 2.45) is 4.99 Å². The third kappa shape index (κ3) is 3.06. The van der Waals surface area contributed by atoms with Crippen molar-refractivity contribution in [1.29, 1.82) is 0 Å². The summed E-state index contributed by atoms with van der Waals surface area (Å²) in [6, 6.07) is 7.12. The van der Waals surface area contributed by atoms with Crippen LogP contribution >= 0.6 is 11.6 Å². The van der Waals surface area contributed by atoms with Gasteiger partial charge in [-0.25, -0.2) is 4.98 Å². The van der Waals surface area contributed by atoms with E-state index in [0.717, 1.165) is 5.39 Å². The fourth-order valence-electron chi connectivity index (χ4n) is 2.16. The topological polar surface area (TPSA) is 37.3 Å². The summed E-state index contributed by atoms with van der Waals surface area (Å²) >= 11 is 6.07. The summed E-state index contributed by atoms with van der Waals surface area (Å²) < 4.78 is 38.1. The number of nitrogens with zero attached hydrogens (tertiary/aromatic N) is 2. The monoisotopic (exact) mass is 325 g/mol. The number of dihydropyridines is 1. The van der Waals surface area contributed by atoms with E-state index in [1.165, 1.54) is 12.2 Å². The first-order valence-electron chi connectivity index (χ1n) is 6.57. The molecule has 0 saturated carbocycles. The van der Waals surface area contributed by atoms with Crippen molar-refractivity contribution in [3.05, 3.63) is 47.5 Å². The van der Waals surface area contributed by atoms with Crippen LogP contribution in [0, 0.1) is 0 Å². The van der Waals surface area contributed by atoms with E-state index in [1.807, 2.05) is 6.07 Å². The number of fused-ring (bicyclic) bond motifs is 1. The zero-order valence-corrected chi connectivity index (χ0v) is 12.0. The molecule has 0 aliphatic carbocycles. The van der Waals surface area contributed by atoms with Gasteiger partial charge in [-0.15, -0.1) is 0 Å². The second kappa shape index (κ2) is 5.61. The summed E-state index contributed by atoms with van der Waals surface area (Å²) in [6.45, 7) is 0. The number of benzene rings is 1. The highest BCUT2D eigenvalue weighted by molar-refractivity contribution is 6.35. The zero-order chi connectivity index (χ0) is 15.7. The van der Waals surface area contributed by atoms with E-state index in [4.69, 9.17) is 11.6 Å². The van der Waals surface area contributed by atoms with Crippen molar-refractivity contribution in [2.45, 2.75) is 18.6 Å². The van der Waals surface area contributed by atoms with Gasteiger partial charge in [0.2, 0.25) is 0 Å². The van der Waals surface area contributed by atoms with E-state index >= 15 is 0 Å². The molecule has 0 radical (unpaired) electrons. The molecular formula is C15H11ClF3N3. The molecule has 7 heteroatoms. The Hall–Kier alpha value is -2.08. The summed E-state index contributed by atoms with van der Waals surface area (Å²) in [7, 11) is 0. The van der Waals surface area contributed by atoms with Gasteiger partial charge in [-0.05, 0) is 30.7 Å². The number of nitrogens with one attached hydrogen (secondary N) is 1. The highest BCUT2D eigenvalue weighted by Gasteiger charge is 2.39. The highest BCUT2D eigenvalue weighted by atomic mass is 35.5. The maximum atomic E-state index is 12.7. The van der Waals surface area contributed by atoms with E-state index in [2.05, 4.69) is 15.3 Å². The first-order valence-corrected chi connectivity index (χ1v) is 6.94. The van der Waals surface area contributed by atoms with Crippen LogP contribution in [0.25, 0.3) is 10.9 Å². The third-order valence-corrected chi connectivity index (χ3v) is 3.54. The minimum absolute atomic E-state index is 0.132. The van der Waals surface area contributed by atoms with Crippen molar-refractivity contribution in [1.82, 2.24) is 4.98 Å². The average molecular weight is 326 g/mol. The van der Waals surface area contributed by atoms with Gasteiger partial charge in [0.1, 0.15) is 11.7 Å². The molecule has 0 saturated heterocycles. The summed E-state index contributed by atoms with van der Waals surface area (Å²) in [6.07, 6.45) is -1.54. The van der Waals surface area contributed by atoms with Crippen LogP contribution in [0.5, 0.6) is 0 Å². The Kier molecular flexibility index (Phi) is 3.78. The second-order valence-electron chi connectivity index (χ2n) is 4.84. The SMILES string of the molecule is FC(F)(F)C1CC=CC(Nc2ccc3cccc(Cl)c3n2)=N1. The number of aliphatic imine (C=N–C) groups is 1. The third-order valence-electron chi connectivity index (χ3n) is 3.23. The lowest BCUT2D eigenvalue weighted by atomic mass is 10.1. The number of hydrogen-bond acceptors (Lipinski definition) is 3. The van der Waals surface area contributed by atoms with Gasteiger partial charge >= 0.3 is 6.18 Å². The van der Waals surface area contributed by atoms with Crippen LogP contribution in [0.2, 0.25) is 5.02 Å². The molecule has 2 heterocycles. The molecule has 3 rings (SSSR count). The van der Waals surface area contributed by atoms with Crippen LogP contribution in [-0.4, -0.2) is 23.0 Å². The summed E-state index contributed by atoms with van der Waals surface area (Å²) in [4.78, 5) is 7.99. The Labute approximate surface area is 129 Å². The molecule has 22 heavy (non-hydrogen) atoms. The lowest BCUT2D eigenvalue weighted by Gasteiger charge is -2.19. The van der Waals surface area contributed by atoms with E-state index in [0.29, 0.717) is 16.4 Å². The lowest BCUT2D eigenvalue weighted by Crippen LogP contribution is -2.30. The van der Waals surface area contributed by atoms with Crippen molar-refractivity contribution >= 4 is 34.2 Å². The molecule has 1 aliphatic heterocycles. The predicted molar refractivity (Wildman–Crippen MR) is 81.4 cm³/mol. The number of aromatic nitrogens is 1. The Morgan fingerprint density at radius 3 is 2.77 bits per heavy atom. The van der Waals surface area contributed by atoms with Gasteiger partial charge in [-0.3, -0.25) is 4.99 Å². The predicted octanol–water partition coefficient (Wildman–Crippen LogP) is 4.59. The number of rotatable bonds is 1. The molecule has 0 fully saturated rings. The Balaban J connectivity index is 1.88. The van der Waals surface area contributed by atoms with E-state index < -0.39 is 12.2 Å². The first-order chi connectivity index (χ1) is 10.4. The van der Waals surface area contributed by atoms with Crippen molar-refractivity contribution in [2.75, 3.05) is 5.32 Å². The minimum Gasteiger partial charge on any atom is -0.325 e. The molecule has 0 amide bonds. The quantitative estimate of drug-likeness (QED) is 0.832. The molecule has 1 aliphatic rings. The van der Waals surface area contributed by atoms with E-state index in [1.54, 1.807) is 24.3 Å². The van der Waals surface area contributed by atoms with Crippen LogP contribution < -0.4 is 5.32 Å². The average Bonchev–Trinajstić information content (AvgIpc) is 2.48. The molecule has 2 aromatic rings. The minimum atomic E-state index is -4.35. The van der Waals surface area contributed by atoms with Crippen LogP contribution in [0.1, 0.15) is 6.42 Å². The largest absolute Gasteiger partial charge is 0.411 e. The summed E-state index contributed by atoms with van der Waals surface area (Å²) in [5.74, 6) is 0.527. The molecular weight excluding hydrogens is 315 g/mol. The Morgan fingerprint density at radius 2 is 2.00 bits per heavy atom. The normalized spacial score (nSPS) is 18.4. The number of anilines is 1. The first kappa shape index (κ1) is 14.8. The fraction of sp³-hybridized carbons (Fsp3) is 0.200. The maximum absolute atomic E-state index is 12.7. The lowest BCUT2D eigenvalue weighted by molar-refractivity contribution is -0.146. The smallest absolute Gasteiger partial charge is 0.325 e. The molecule has 1 unspecified atom stereocenters. The Morgan fingerprint density at radius 1 is 1.18 bits per heavy atom. The number of alkyl halides is 3. The number of pyridine rings is 1. The van der Waals surface area contributed by atoms with Crippen LogP contribution in [0.15, 0.2) is 47.5 Å². The van der Waals surface area contributed by atoms with Crippen LogP contribution in [0.3, 0.4) is 0 Å². The number of hydrogen-bond donors (Lipinski definition) is 1. The van der Waals surface area contributed by atoms with Crippen molar-refractivity contribution in [3.63, 3.8) is 0 Å². The van der Waals surface area contributed by atoms with Gasteiger partial charge in [-0.1, -0.05) is 29.8 Å². The molecule has 1 N–H and O–H groups in total. The molecule has 0 bridgehead atoms. The van der Waals surface area contributed by atoms with E-state index in [9.17, 15) is 13.2 Å². The van der Waals surface area contributed by atoms with Crippen molar-refractivity contribution in [3.8, 4) is 0 Å². The Bertz CT molecular complexity index is 768. The molecule has 1 atom stereocenters. The molecule has 1 aromatic heterocycles. The number of amidine groups is 1. The number of halogens is 4. The van der Waals surface area contributed by atoms with Gasteiger partial charge in [0.05, 0.1) is 10.5 Å². The molecule has 0 spiro atoms.